The molecular formula is C15H25N. The molecule has 0 aliphatic rings. The summed E-state index contributed by atoms with van der Waals surface area (Å²) in [5, 5.41) is 0. The molecule has 0 radical (unpaired) electrons. The molecule has 1 heteroatoms. The smallest absolute Gasteiger partial charge is 0.00970 e. The lowest BCUT2D eigenvalue weighted by molar-refractivity contribution is 0.450. The predicted molar refractivity (Wildman–Crippen MR) is 71.6 cm³/mol. The summed E-state index contributed by atoms with van der Waals surface area (Å²) in [7, 11) is 0. The zero-order valence-corrected chi connectivity index (χ0v) is 10.9. The van der Waals surface area contributed by atoms with Crippen LogP contribution in [0, 0.1) is 0 Å². The van der Waals surface area contributed by atoms with Crippen LogP contribution in [0.25, 0.3) is 0 Å². The van der Waals surface area contributed by atoms with Crippen LogP contribution in [0.3, 0.4) is 0 Å². The van der Waals surface area contributed by atoms with Crippen LogP contribution in [0.15, 0.2) is 24.3 Å². The van der Waals surface area contributed by atoms with E-state index in [0.717, 1.165) is 12.8 Å². The Morgan fingerprint density at radius 3 is 2.06 bits per heavy atom. The third-order valence-corrected chi connectivity index (χ3v) is 2.97. The number of hydrogen-bond donors (Lipinski definition) is 1. The van der Waals surface area contributed by atoms with E-state index in [1.807, 2.05) is 0 Å². The van der Waals surface area contributed by atoms with Crippen molar-refractivity contribution in [2.24, 2.45) is 5.73 Å². The summed E-state index contributed by atoms with van der Waals surface area (Å²) < 4.78 is 0. The van der Waals surface area contributed by atoms with Gasteiger partial charge in [-0.1, -0.05) is 37.6 Å². The molecule has 0 atom stereocenters. The van der Waals surface area contributed by atoms with E-state index in [0.29, 0.717) is 0 Å². The van der Waals surface area contributed by atoms with Gasteiger partial charge in [-0.25, -0.2) is 0 Å². The van der Waals surface area contributed by atoms with Gasteiger partial charge in [-0.15, -0.1) is 0 Å². The van der Waals surface area contributed by atoms with Crippen molar-refractivity contribution in [2.75, 3.05) is 0 Å². The highest BCUT2D eigenvalue weighted by Gasteiger charge is 2.09. The second-order valence-corrected chi connectivity index (χ2v) is 5.37. The quantitative estimate of drug-likeness (QED) is 0.725. The molecule has 0 amide bonds. The summed E-state index contributed by atoms with van der Waals surface area (Å²) in [6, 6.07) is 8.99. The topological polar surface area (TPSA) is 26.0 Å². The van der Waals surface area contributed by atoms with Gasteiger partial charge in [0.2, 0.25) is 0 Å². The molecule has 2 N–H and O–H groups in total. The normalized spacial score (nSPS) is 11.8. The minimum absolute atomic E-state index is 0.00787. The Kier molecular flexibility index (Phi) is 5.01. The summed E-state index contributed by atoms with van der Waals surface area (Å²) in [6.07, 6.45) is 5.88. The second-order valence-electron chi connectivity index (χ2n) is 5.37. The SMILES string of the molecule is CCc1ccc(CCCCC(C)(C)N)cc1. The van der Waals surface area contributed by atoms with E-state index in [1.54, 1.807) is 0 Å². The molecule has 1 aromatic rings. The van der Waals surface area contributed by atoms with Crippen molar-refractivity contribution in [3.8, 4) is 0 Å². The average molecular weight is 219 g/mol. The Morgan fingerprint density at radius 1 is 1.00 bits per heavy atom. The Morgan fingerprint density at radius 2 is 1.56 bits per heavy atom. The third kappa shape index (κ3) is 5.32. The molecule has 0 aromatic heterocycles. The Bertz CT molecular complexity index is 292. The molecule has 0 aliphatic carbocycles. The van der Waals surface area contributed by atoms with E-state index in [1.165, 1.54) is 30.4 Å². The highest BCUT2D eigenvalue weighted by Crippen LogP contribution is 2.13. The van der Waals surface area contributed by atoms with Crippen LogP contribution in [0.2, 0.25) is 0 Å². The average Bonchev–Trinajstić information content (AvgIpc) is 2.24. The zero-order valence-electron chi connectivity index (χ0n) is 10.9. The van der Waals surface area contributed by atoms with Gasteiger partial charge < -0.3 is 5.73 Å². The molecule has 90 valence electrons. The number of nitrogens with two attached hydrogens (primary N) is 1. The summed E-state index contributed by atoms with van der Waals surface area (Å²) >= 11 is 0. The maximum Gasteiger partial charge on any atom is 0.00970 e. The van der Waals surface area contributed by atoms with Gasteiger partial charge in [-0.05, 0) is 50.7 Å². The van der Waals surface area contributed by atoms with Gasteiger partial charge in [0.1, 0.15) is 0 Å². The van der Waals surface area contributed by atoms with Gasteiger partial charge in [0.15, 0.2) is 0 Å². The minimum atomic E-state index is -0.00787. The van der Waals surface area contributed by atoms with Crippen LogP contribution in [0.5, 0.6) is 0 Å². The molecular weight excluding hydrogens is 194 g/mol. The minimum Gasteiger partial charge on any atom is -0.326 e. The van der Waals surface area contributed by atoms with Gasteiger partial charge in [0.25, 0.3) is 0 Å². The maximum atomic E-state index is 5.95. The van der Waals surface area contributed by atoms with Gasteiger partial charge in [0, 0.05) is 5.54 Å². The van der Waals surface area contributed by atoms with Gasteiger partial charge in [0.05, 0.1) is 0 Å². The first-order chi connectivity index (χ1) is 7.51. The van der Waals surface area contributed by atoms with Gasteiger partial charge >= 0.3 is 0 Å². The molecule has 0 heterocycles. The lowest BCUT2D eigenvalue weighted by Gasteiger charge is -2.17. The molecule has 1 rings (SSSR count). The van der Waals surface area contributed by atoms with Crippen LogP contribution in [0.1, 0.15) is 51.2 Å². The van der Waals surface area contributed by atoms with Crippen molar-refractivity contribution in [2.45, 2.75) is 58.4 Å². The first-order valence-electron chi connectivity index (χ1n) is 6.38. The zero-order chi connectivity index (χ0) is 12.0. The van der Waals surface area contributed by atoms with Crippen molar-refractivity contribution in [3.63, 3.8) is 0 Å². The molecule has 0 spiro atoms. The Balaban J connectivity index is 2.27. The first kappa shape index (κ1) is 13.2. The second kappa shape index (κ2) is 6.05. The fourth-order valence-electron chi connectivity index (χ4n) is 1.85. The van der Waals surface area contributed by atoms with Crippen LogP contribution in [-0.4, -0.2) is 5.54 Å². The fraction of sp³-hybridized carbons (Fsp3) is 0.600. The number of hydrogen-bond acceptors (Lipinski definition) is 1. The molecule has 0 bridgehead atoms. The predicted octanol–water partition coefficient (Wildman–Crippen LogP) is 3.70. The Hall–Kier alpha value is -0.820. The molecule has 0 saturated heterocycles. The molecule has 1 aromatic carbocycles. The highest BCUT2D eigenvalue weighted by atomic mass is 14.7. The van der Waals surface area contributed by atoms with Crippen molar-refractivity contribution in [1.29, 1.82) is 0 Å². The largest absolute Gasteiger partial charge is 0.326 e. The summed E-state index contributed by atoms with van der Waals surface area (Å²) in [5.41, 5.74) is 8.82. The van der Waals surface area contributed by atoms with E-state index in [9.17, 15) is 0 Å². The van der Waals surface area contributed by atoms with Gasteiger partial charge in [-0.3, -0.25) is 0 Å². The van der Waals surface area contributed by atoms with Crippen LogP contribution < -0.4 is 5.73 Å². The molecule has 0 unspecified atom stereocenters. The number of unbranched alkanes of at least 4 members (excludes halogenated alkanes) is 1. The van der Waals surface area contributed by atoms with Crippen molar-refractivity contribution in [1.82, 2.24) is 0 Å². The van der Waals surface area contributed by atoms with E-state index in [-0.39, 0.29) is 5.54 Å². The third-order valence-electron chi connectivity index (χ3n) is 2.97. The Labute approximate surface area is 100 Å². The van der Waals surface area contributed by atoms with E-state index in [2.05, 4.69) is 45.0 Å². The van der Waals surface area contributed by atoms with Crippen molar-refractivity contribution >= 4 is 0 Å². The molecule has 1 nitrogen and oxygen atoms in total. The highest BCUT2D eigenvalue weighted by molar-refractivity contribution is 5.22. The van der Waals surface area contributed by atoms with Crippen molar-refractivity contribution < 1.29 is 0 Å². The standard InChI is InChI=1S/C15H25N/c1-4-13-8-10-14(11-9-13)7-5-6-12-15(2,3)16/h8-11H,4-7,12,16H2,1-3H3. The number of benzene rings is 1. The molecule has 0 saturated carbocycles. The summed E-state index contributed by atoms with van der Waals surface area (Å²) in [4.78, 5) is 0. The lowest BCUT2D eigenvalue weighted by Crippen LogP contribution is -2.31. The number of rotatable bonds is 6. The molecule has 16 heavy (non-hydrogen) atoms. The van der Waals surface area contributed by atoms with Gasteiger partial charge in [-0.2, -0.15) is 0 Å². The fourth-order valence-corrected chi connectivity index (χ4v) is 1.85. The van der Waals surface area contributed by atoms with E-state index in [4.69, 9.17) is 5.73 Å². The van der Waals surface area contributed by atoms with Crippen molar-refractivity contribution in [3.05, 3.63) is 35.4 Å². The molecule has 0 aliphatic heterocycles. The van der Waals surface area contributed by atoms with Crippen LogP contribution in [-0.2, 0) is 12.8 Å². The van der Waals surface area contributed by atoms with E-state index < -0.39 is 0 Å². The summed E-state index contributed by atoms with van der Waals surface area (Å²) in [5.74, 6) is 0. The monoisotopic (exact) mass is 219 g/mol. The first-order valence-corrected chi connectivity index (χ1v) is 6.38. The van der Waals surface area contributed by atoms with Crippen LogP contribution in [0.4, 0.5) is 0 Å². The summed E-state index contributed by atoms with van der Waals surface area (Å²) in [6.45, 7) is 6.39. The molecule has 0 fully saturated rings. The number of aryl methyl sites for hydroxylation is 2. The van der Waals surface area contributed by atoms with E-state index >= 15 is 0 Å². The maximum absolute atomic E-state index is 5.95. The van der Waals surface area contributed by atoms with Crippen LogP contribution >= 0.6 is 0 Å². The lowest BCUT2D eigenvalue weighted by atomic mass is 9.96.